The normalized spacial score (nSPS) is 16.3. The molecule has 1 aromatic rings. The molecule has 1 N–H and O–H groups in total. The maximum absolute atomic E-state index is 8.61. The summed E-state index contributed by atoms with van der Waals surface area (Å²) in [4.78, 5) is 0. The van der Waals surface area contributed by atoms with Gasteiger partial charge in [0.2, 0.25) is 0 Å². The number of benzene rings is 1. The van der Waals surface area contributed by atoms with Crippen LogP contribution >= 0.6 is 0 Å². The summed E-state index contributed by atoms with van der Waals surface area (Å²) in [7, 11) is 0. The van der Waals surface area contributed by atoms with E-state index in [2.05, 4.69) is 18.8 Å². The zero-order valence-corrected chi connectivity index (χ0v) is 10.6. The average molecular weight is 246 g/mol. The molecule has 0 unspecified atom stereocenters. The maximum atomic E-state index is 8.61. The van der Waals surface area contributed by atoms with Crippen molar-refractivity contribution in [1.29, 1.82) is 0 Å². The molecule has 1 heterocycles. The zero-order valence-electron chi connectivity index (χ0n) is 10.6. The molecule has 0 bridgehead atoms. The Morgan fingerprint density at radius 3 is 2.56 bits per heavy atom. The van der Waals surface area contributed by atoms with Crippen LogP contribution in [0.15, 0.2) is 24.3 Å². The van der Waals surface area contributed by atoms with Crippen molar-refractivity contribution in [3.8, 4) is 17.6 Å². The fourth-order valence-electron chi connectivity index (χ4n) is 1.79. The van der Waals surface area contributed by atoms with E-state index in [1.54, 1.807) is 0 Å². The van der Waals surface area contributed by atoms with E-state index in [0.717, 1.165) is 30.9 Å². The van der Waals surface area contributed by atoms with Gasteiger partial charge in [-0.15, -0.1) is 0 Å². The van der Waals surface area contributed by atoms with Gasteiger partial charge in [0, 0.05) is 5.56 Å². The first-order chi connectivity index (χ1) is 8.78. The first-order valence-electron chi connectivity index (χ1n) is 6.18. The van der Waals surface area contributed by atoms with E-state index in [1.165, 1.54) is 0 Å². The SMILES string of the molecule is CCC1(COc2ccc(C#CCO)cc2)COC1. The van der Waals surface area contributed by atoms with Gasteiger partial charge in [0.15, 0.2) is 0 Å². The number of hydrogen-bond donors (Lipinski definition) is 1. The predicted octanol–water partition coefficient (Wildman–Crippen LogP) is 1.84. The highest BCUT2D eigenvalue weighted by molar-refractivity contribution is 5.38. The molecule has 0 aliphatic carbocycles. The summed E-state index contributed by atoms with van der Waals surface area (Å²) in [5.74, 6) is 6.32. The van der Waals surface area contributed by atoms with Crippen molar-refractivity contribution in [2.45, 2.75) is 13.3 Å². The molecule has 0 saturated carbocycles. The van der Waals surface area contributed by atoms with Crippen molar-refractivity contribution < 1.29 is 14.6 Å². The lowest BCUT2D eigenvalue weighted by Gasteiger charge is -2.40. The minimum atomic E-state index is -0.114. The van der Waals surface area contributed by atoms with Crippen LogP contribution in [-0.4, -0.2) is 31.5 Å². The lowest BCUT2D eigenvalue weighted by atomic mass is 9.84. The third kappa shape index (κ3) is 3.04. The van der Waals surface area contributed by atoms with E-state index >= 15 is 0 Å². The second-order valence-corrected chi connectivity index (χ2v) is 4.62. The van der Waals surface area contributed by atoms with Gasteiger partial charge in [-0.2, -0.15) is 0 Å². The largest absolute Gasteiger partial charge is 0.493 e. The average Bonchev–Trinajstić information content (AvgIpc) is 2.37. The number of aliphatic hydroxyl groups is 1. The van der Waals surface area contributed by atoms with Crippen molar-refractivity contribution in [1.82, 2.24) is 0 Å². The van der Waals surface area contributed by atoms with Crippen molar-refractivity contribution in [2.75, 3.05) is 26.4 Å². The molecule has 1 aliphatic heterocycles. The molecule has 2 rings (SSSR count). The van der Waals surface area contributed by atoms with E-state index in [4.69, 9.17) is 14.6 Å². The molecule has 1 aliphatic rings. The Morgan fingerprint density at radius 1 is 1.33 bits per heavy atom. The first kappa shape index (κ1) is 12.9. The number of rotatable bonds is 4. The highest BCUT2D eigenvalue weighted by Crippen LogP contribution is 2.31. The Balaban J connectivity index is 1.90. The molecule has 3 heteroatoms. The molecular weight excluding hydrogens is 228 g/mol. The van der Waals surface area contributed by atoms with Crippen LogP contribution in [0.4, 0.5) is 0 Å². The molecule has 0 atom stereocenters. The topological polar surface area (TPSA) is 38.7 Å². The lowest BCUT2D eigenvalue weighted by Crippen LogP contribution is -2.46. The number of ether oxygens (including phenoxy) is 2. The summed E-state index contributed by atoms with van der Waals surface area (Å²) in [6.45, 7) is 4.34. The summed E-state index contributed by atoms with van der Waals surface area (Å²) in [5, 5.41) is 8.61. The second-order valence-electron chi connectivity index (χ2n) is 4.62. The predicted molar refractivity (Wildman–Crippen MR) is 69.4 cm³/mol. The summed E-state index contributed by atoms with van der Waals surface area (Å²) in [6, 6.07) is 7.61. The fourth-order valence-corrected chi connectivity index (χ4v) is 1.79. The van der Waals surface area contributed by atoms with Gasteiger partial charge in [0.1, 0.15) is 12.4 Å². The van der Waals surface area contributed by atoms with Gasteiger partial charge in [-0.1, -0.05) is 18.8 Å². The molecule has 0 radical (unpaired) electrons. The first-order valence-corrected chi connectivity index (χ1v) is 6.18. The van der Waals surface area contributed by atoms with Gasteiger partial charge in [-0.05, 0) is 30.7 Å². The van der Waals surface area contributed by atoms with Crippen LogP contribution in [0.1, 0.15) is 18.9 Å². The van der Waals surface area contributed by atoms with E-state index in [1.807, 2.05) is 24.3 Å². The van der Waals surface area contributed by atoms with Crippen molar-refractivity contribution in [3.05, 3.63) is 29.8 Å². The second kappa shape index (κ2) is 5.90. The van der Waals surface area contributed by atoms with Crippen molar-refractivity contribution in [2.24, 2.45) is 5.41 Å². The molecule has 1 saturated heterocycles. The molecule has 96 valence electrons. The van der Waals surface area contributed by atoms with Crippen LogP contribution in [0.25, 0.3) is 0 Å². The Hall–Kier alpha value is -1.50. The van der Waals surface area contributed by atoms with Crippen molar-refractivity contribution >= 4 is 0 Å². The van der Waals surface area contributed by atoms with Crippen LogP contribution in [0.5, 0.6) is 5.75 Å². The van der Waals surface area contributed by atoms with E-state index in [0.29, 0.717) is 6.61 Å². The molecule has 1 fully saturated rings. The summed E-state index contributed by atoms with van der Waals surface area (Å²) in [5.41, 5.74) is 1.09. The summed E-state index contributed by atoms with van der Waals surface area (Å²) < 4.78 is 11.0. The molecule has 3 nitrogen and oxygen atoms in total. The number of hydrogen-bond acceptors (Lipinski definition) is 3. The van der Waals surface area contributed by atoms with Crippen LogP contribution < -0.4 is 4.74 Å². The Kier molecular flexibility index (Phi) is 4.24. The quantitative estimate of drug-likeness (QED) is 0.824. The van der Waals surface area contributed by atoms with Gasteiger partial charge in [-0.3, -0.25) is 0 Å². The smallest absolute Gasteiger partial charge is 0.119 e. The standard InChI is InChI=1S/C15H18O3/c1-2-15(10-17-11-15)12-18-14-7-5-13(6-8-14)4-3-9-16/h5-8,16H,2,9-12H2,1H3. The molecule has 0 spiro atoms. The third-order valence-corrected chi connectivity index (χ3v) is 3.28. The highest BCUT2D eigenvalue weighted by atomic mass is 16.5. The summed E-state index contributed by atoms with van der Waals surface area (Å²) >= 11 is 0. The highest BCUT2D eigenvalue weighted by Gasteiger charge is 2.37. The van der Waals surface area contributed by atoms with Crippen LogP contribution in [-0.2, 0) is 4.74 Å². The fraction of sp³-hybridized carbons (Fsp3) is 0.467. The van der Waals surface area contributed by atoms with Crippen LogP contribution in [0.3, 0.4) is 0 Å². The molecule has 0 aromatic heterocycles. The molecule has 1 aromatic carbocycles. The van der Waals surface area contributed by atoms with Gasteiger partial charge < -0.3 is 14.6 Å². The van der Waals surface area contributed by atoms with Gasteiger partial charge >= 0.3 is 0 Å². The minimum absolute atomic E-state index is 0.114. The summed E-state index contributed by atoms with van der Waals surface area (Å²) in [6.07, 6.45) is 1.08. The Morgan fingerprint density at radius 2 is 2.06 bits per heavy atom. The lowest BCUT2D eigenvalue weighted by molar-refractivity contribution is -0.133. The van der Waals surface area contributed by atoms with Crippen LogP contribution in [0, 0.1) is 17.3 Å². The van der Waals surface area contributed by atoms with E-state index in [9.17, 15) is 0 Å². The minimum Gasteiger partial charge on any atom is -0.493 e. The van der Waals surface area contributed by atoms with Gasteiger partial charge in [-0.25, -0.2) is 0 Å². The zero-order chi connectivity index (χ0) is 12.8. The maximum Gasteiger partial charge on any atom is 0.119 e. The Bertz CT molecular complexity index is 430. The number of aliphatic hydroxyl groups excluding tert-OH is 1. The van der Waals surface area contributed by atoms with Crippen LogP contribution in [0.2, 0.25) is 0 Å². The Labute approximate surface area is 108 Å². The van der Waals surface area contributed by atoms with E-state index < -0.39 is 0 Å². The van der Waals surface area contributed by atoms with E-state index in [-0.39, 0.29) is 12.0 Å². The van der Waals surface area contributed by atoms with Gasteiger partial charge in [0.25, 0.3) is 0 Å². The molecule has 0 amide bonds. The van der Waals surface area contributed by atoms with Gasteiger partial charge in [0.05, 0.1) is 25.2 Å². The monoisotopic (exact) mass is 246 g/mol. The molecule has 18 heavy (non-hydrogen) atoms. The molecular formula is C15H18O3. The third-order valence-electron chi connectivity index (χ3n) is 3.28. The van der Waals surface area contributed by atoms with Crippen molar-refractivity contribution in [3.63, 3.8) is 0 Å².